The van der Waals surface area contributed by atoms with Gasteiger partial charge in [-0.05, 0) is 37.3 Å². The fraction of sp³-hybridized carbons (Fsp3) is 0.500. The molecule has 6 nitrogen and oxygen atoms in total. The van der Waals surface area contributed by atoms with Crippen molar-refractivity contribution in [1.82, 2.24) is 19.7 Å². The molecule has 2 heterocycles. The highest BCUT2D eigenvalue weighted by Crippen LogP contribution is 2.19. The monoisotopic (exact) mass is 346 g/mol. The Morgan fingerprint density at radius 1 is 1.40 bits per heavy atom. The lowest BCUT2D eigenvalue weighted by molar-refractivity contribution is 0.0609. The molecule has 1 unspecified atom stereocenters. The van der Waals surface area contributed by atoms with Crippen molar-refractivity contribution in [2.24, 2.45) is 5.92 Å². The van der Waals surface area contributed by atoms with E-state index in [-0.39, 0.29) is 24.3 Å². The van der Waals surface area contributed by atoms with Crippen molar-refractivity contribution < 1.29 is 14.3 Å². The number of hydrogen-bond donors (Lipinski definition) is 1. The molecule has 1 amide bonds. The van der Waals surface area contributed by atoms with Crippen LogP contribution in [-0.4, -0.2) is 50.4 Å². The second-order valence-corrected chi connectivity index (χ2v) is 6.41. The summed E-state index contributed by atoms with van der Waals surface area (Å²) in [6.07, 6.45) is 3.19. The summed E-state index contributed by atoms with van der Waals surface area (Å²) in [7, 11) is 0. The van der Waals surface area contributed by atoms with Gasteiger partial charge in [0.15, 0.2) is 0 Å². The summed E-state index contributed by atoms with van der Waals surface area (Å²) in [6, 6.07) is 6.34. The minimum Gasteiger partial charge on any atom is -0.396 e. The topological polar surface area (TPSA) is 71.2 Å². The number of halogens is 1. The molecule has 3 rings (SSSR count). The van der Waals surface area contributed by atoms with E-state index >= 15 is 0 Å². The Hall–Kier alpha value is -2.28. The highest BCUT2D eigenvalue weighted by Gasteiger charge is 2.27. The fourth-order valence-corrected chi connectivity index (χ4v) is 3.18. The van der Waals surface area contributed by atoms with Gasteiger partial charge in [-0.2, -0.15) is 0 Å². The van der Waals surface area contributed by atoms with E-state index in [2.05, 4.69) is 10.1 Å². The zero-order chi connectivity index (χ0) is 17.8. The molecule has 0 saturated carbocycles. The van der Waals surface area contributed by atoms with Crippen molar-refractivity contribution >= 4 is 5.91 Å². The predicted octanol–water partition coefficient (Wildman–Crippen LogP) is 2.20. The molecule has 2 aromatic rings. The van der Waals surface area contributed by atoms with E-state index in [4.69, 9.17) is 0 Å². The van der Waals surface area contributed by atoms with Crippen LogP contribution in [-0.2, 0) is 6.42 Å². The predicted molar refractivity (Wildman–Crippen MR) is 91.0 cm³/mol. The van der Waals surface area contributed by atoms with Gasteiger partial charge in [0.1, 0.15) is 17.3 Å². The van der Waals surface area contributed by atoms with Gasteiger partial charge < -0.3 is 10.0 Å². The molecular formula is C18H23FN4O2. The van der Waals surface area contributed by atoms with E-state index in [1.807, 2.05) is 6.92 Å². The zero-order valence-corrected chi connectivity index (χ0v) is 14.4. The minimum absolute atomic E-state index is 0.0714. The number of aliphatic hydroxyl groups excluding tert-OH is 1. The standard InChI is InChI=1S/C18H23FN4O2/c1-2-6-16-20-17(18(25)22-10-5-7-13(11-22)12-24)21-23(16)15-9-4-3-8-14(15)19/h3-4,8-9,13,24H,2,5-7,10-12H2,1H3. The first-order chi connectivity index (χ1) is 12.1. The first kappa shape index (κ1) is 17.5. The van der Waals surface area contributed by atoms with Gasteiger partial charge in [-0.25, -0.2) is 14.1 Å². The number of aryl methyl sites for hydroxylation is 1. The molecule has 1 aromatic carbocycles. The molecule has 1 fully saturated rings. The largest absolute Gasteiger partial charge is 0.396 e. The van der Waals surface area contributed by atoms with Gasteiger partial charge >= 0.3 is 0 Å². The zero-order valence-electron chi connectivity index (χ0n) is 14.4. The van der Waals surface area contributed by atoms with Gasteiger partial charge in [0.05, 0.1) is 0 Å². The third-order valence-electron chi connectivity index (χ3n) is 4.48. The van der Waals surface area contributed by atoms with Crippen LogP contribution >= 0.6 is 0 Å². The van der Waals surface area contributed by atoms with E-state index in [9.17, 15) is 14.3 Å². The molecule has 1 atom stereocenters. The highest BCUT2D eigenvalue weighted by atomic mass is 19.1. The van der Waals surface area contributed by atoms with Crippen molar-refractivity contribution in [2.45, 2.75) is 32.6 Å². The van der Waals surface area contributed by atoms with Crippen LogP contribution in [0.2, 0.25) is 0 Å². The number of carbonyl (C=O) groups is 1. The molecule has 0 spiro atoms. The van der Waals surface area contributed by atoms with Gasteiger partial charge in [0, 0.05) is 26.1 Å². The van der Waals surface area contributed by atoms with E-state index < -0.39 is 5.82 Å². The average molecular weight is 346 g/mol. The Morgan fingerprint density at radius 3 is 2.92 bits per heavy atom. The normalized spacial score (nSPS) is 17.7. The Bertz CT molecular complexity index is 746. The number of piperidine rings is 1. The van der Waals surface area contributed by atoms with Crippen LogP contribution in [0.1, 0.15) is 42.6 Å². The van der Waals surface area contributed by atoms with Gasteiger partial charge in [0.2, 0.25) is 5.82 Å². The summed E-state index contributed by atoms with van der Waals surface area (Å²) in [6.45, 7) is 3.21. The van der Waals surface area contributed by atoms with Crippen molar-refractivity contribution in [1.29, 1.82) is 0 Å². The average Bonchev–Trinajstić information content (AvgIpc) is 3.05. The van der Waals surface area contributed by atoms with Gasteiger partial charge in [-0.1, -0.05) is 19.1 Å². The molecule has 134 valence electrons. The molecule has 1 saturated heterocycles. The van der Waals surface area contributed by atoms with Crippen LogP contribution in [0, 0.1) is 11.7 Å². The van der Waals surface area contributed by atoms with Crippen LogP contribution in [0.15, 0.2) is 24.3 Å². The third kappa shape index (κ3) is 3.71. The van der Waals surface area contributed by atoms with Crippen LogP contribution in [0.5, 0.6) is 0 Å². The van der Waals surface area contributed by atoms with Crippen LogP contribution in [0.3, 0.4) is 0 Å². The molecule has 0 aliphatic carbocycles. The molecule has 7 heteroatoms. The van der Waals surface area contributed by atoms with Crippen molar-refractivity contribution in [3.8, 4) is 5.69 Å². The first-order valence-electron chi connectivity index (χ1n) is 8.75. The number of benzene rings is 1. The quantitative estimate of drug-likeness (QED) is 0.901. The summed E-state index contributed by atoms with van der Waals surface area (Å²) >= 11 is 0. The molecular weight excluding hydrogens is 323 g/mol. The Labute approximate surface area is 146 Å². The van der Waals surface area contributed by atoms with E-state index in [1.165, 1.54) is 10.7 Å². The summed E-state index contributed by atoms with van der Waals surface area (Å²) in [5.74, 6) is 0.103. The number of nitrogens with zero attached hydrogens (tertiary/aromatic N) is 4. The maximum atomic E-state index is 14.1. The number of carbonyl (C=O) groups excluding carboxylic acids is 1. The third-order valence-corrected chi connectivity index (χ3v) is 4.48. The highest BCUT2D eigenvalue weighted by molar-refractivity contribution is 5.90. The van der Waals surface area contributed by atoms with Gasteiger partial charge in [-0.3, -0.25) is 4.79 Å². The van der Waals surface area contributed by atoms with Crippen LogP contribution in [0.25, 0.3) is 5.69 Å². The number of aliphatic hydroxyl groups is 1. The maximum absolute atomic E-state index is 14.1. The van der Waals surface area contributed by atoms with Crippen LogP contribution < -0.4 is 0 Å². The smallest absolute Gasteiger partial charge is 0.293 e. The first-order valence-corrected chi connectivity index (χ1v) is 8.75. The molecule has 1 aliphatic heterocycles. The molecule has 0 bridgehead atoms. The van der Waals surface area contributed by atoms with E-state index in [0.29, 0.717) is 31.0 Å². The number of hydrogen-bond acceptors (Lipinski definition) is 4. The Morgan fingerprint density at radius 2 is 2.20 bits per heavy atom. The summed E-state index contributed by atoms with van der Waals surface area (Å²) in [5, 5.41) is 13.6. The number of aromatic nitrogens is 3. The summed E-state index contributed by atoms with van der Waals surface area (Å²) in [4.78, 5) is 18.8. The molecule has 1 aromatic heterocycles. The maximum Gasteiger partial charge on any atom is 0.293 e. The Kier molecular flexibility index (Phi) is 5.43. The summed E-state index contributed by atoms with van der Waals surface area (Å²) in [5.41, 5.74) is 0.296. The number of para-hydroxylation sites is 1. The second-order valence-electron chi connectivity index (χ2n) is 6.41. The Balaban J connectivity index is 1.91. The number of amides is 1. The van der Waals surface area contributed by atoms with E-state index in [0.717, 1.165) is 19.3 Å². The molecule has 1 aliphatic rings. The van der Waals surface area contributed by atoms with Crippen molar-refractivity contribution in [3.63, 3.8) is 0 Å². The lowest BCUT2D eigenvalue weighted by Crippen LogP contribution is -2.41. The second kappa shape index (κ2) is 7.74. The lowest BCUT2D eigenvalue weighted by Gasteiger charge is -2.30. The lowest BCUT2D eigenvalue weighted by atomic mass is 9.99. The number of rotatable bonds is 5. The van der Waals surface area contributed by atoms with Crippen molar-refractivity contribution in [2.75, 3.05) is 19.7 Å². The van der Waals surface area contributed by atoms with Gasteiger partial charge in [0.25, 0.3) is 5.91 Å². The van der Waals surface area contributed by atoms with E-state index in [1.54, 1.807) is 23.1 Å². The van der Waals surface area contributed by atoms with Crippen molar-refractivity contribution in [3.05, 3.63) is 41.7 Å². The van der Waals surface area contributed by atoms with Crippen LogP contribution in [0.4, 0.5) is 4.39 Å². The SMILES string of the molecule is CCCc1nc(C(=O)N2CCCC(CO)C2)nn1-c1ccccc1F. The molecule has 1 N–H and O–H groups in total. The minimum atomic E-state index is -0.401. The molecule has 25 heavy (non-hydrogen) atoms. The number of likely N-dealkylation sites (tertiary alicyclic amines) is 1. The molecule has 0 radical (unpaired) electrons. The summed E-state index contributed by atoms with van der Waals surface area (Å²) < 4.78 is 15.6. The van der Waals surface area contributed by atoms with Gasteiger partial charge in [-0.15, -0.1) is 5.10 Å². The fourth-order valence-electron chi connectivity index (χ4n) is 3.18.